The van der Waals surface area contributed by atoms with E-state index in [2.05, 4.69) is 20.1 Å². The second kappa shape index (κ2) is 2.98. The first-order valence-electron chi connectivity index (χ1n) is 3.39. The number of anilines is 1. The molecule has 1 aliphatic rings. The normalized spacial score (nSPS) is 17.0. The van der Waals surface area contributed by atoms with E-state index >= 15 is 0 Å². The molecule has 1 heterocycles. The van der Waals surface area contributed by atoms with Crippen LogP contribution in [0.3, 0.4) is 0 Å². The van der Waals surface area contributed by atoms with Gasteiger partial charge in [-0.3, -0.25) is 0 Å². The lowest BCUT2D eigenvalue weighted by atomic mass is 10.3. The van der Waals surface area contributed by atoms with Gasteiger partial charge in [0.15, 0.2) is 0 Å². The maximum Gasteiger partial charge on any atom is 0.303 e. The standard InChI is InChI=1S/C7H7NO4/c9-6-4-2-1-3-5(6)8-7-10-12-11-7/h1-4,7-9H. The zero-order valence-corrected chi connectivity index (χ0v) is 6.06. The van der Waals surface area contributed by atoms with Gasteiger partial charge in [-0.1, -0.05) is 17.2 Å². The molecule has 0 aliphatic carbocycles. The molecule has 0 amide bonds. The summed E-state index contributed by atoms with van der Waals surface area (Å²) in [4.78, 5) is 8.89. The topological polar surface area (TPSA) is 60.0 Å². The highest BCUT2D eigenvalue weighted by molar-refractivity contribution is 5.55. The average Bonchev–Trinajstić information content (AvgIpc) is 2.00. The fraction of sp³-hybridized carbons (Fsp3) is 0.143. The Morgan fingerprint density at radius 3 is 2.58 bits per heavy atom. The molecule has 1 aliphatic heterocycles. The molecule has 64 valence electrons. The van der Waals surface area contributed by atoms with Gasteiger partial charge in [0.1, 0.15) is 5.75 Å². The van der Waals surface area contributed by atoms with Gasteiger partial charge in [0.25, 0.3) is 0 Å². The van der Waals surface area contributed by atoms with Crippen LogP contribution < -0.4 is 5.32 Å². The third-order valence-electron chi connectivity index (χ3n) is 1.43. The molecule has 0 spiro atoms. The Morgan fingerprint density at radius 1 is 1.25 bits per heavy atom. The van der Waals surface area contributed by atoms with E-state index in [9.17, 15) is 5.11 Å². The van der Waals surface area contributed by atoms with Crippen LogP contribution in [-0.4, -0.2) is 11.5 Å². The first kappa shape index (κ1) is 7.35. The largest absolute Gasteiger partial charge is 0.506 e. The number of rotatable bonds is 2. The summed E-state index contributed by atoms with van der Waals surface area (Å²) < 4.78 is 0. The summed E-state index contributed by atoms with van der Waals surface area (Å²) in [5, 5.41) is 16.0. The molecular formula is C7H7NO4. The zero-order chi connectivity index (χ0) is 8.39. The van der Waals surface area contributed by atoms with E-state index in [0.717, 1.165) is 0 Å². The molecular weight excluding hydrogens is 162 g/mol. The van der Waals surface area contributed by atoms with Gasteiger partial charge >= 0.3 is 6.41 Å². The van der Waals surface area contributed by atoms with Gasteiger partial charge in [-0.05, 0) is 12.1 Å². The van der Waals surface area contributed by atoms with Crippen LogP contribution in [0, 0.1) is 0 Å². The monoisotopic (exact) mass is 169 g/mol. The number of phenols is 1. The fourth-order valence-corrected chi connectivity index (χ4v) is 0.849. The van der Waals surface area contributed by atoms with Crippen molar-refractivity contribution in [2.45, 2.75) is 6.41 Å². The van der Waals surface area contributed by atoms with Crippen LogP contribution in [0.25, 0.3) is 0 Å². The van der Waals surface area contributed by atoms with E-state index in [4.69, 9.17) is 0 Å². The second-order valence-corrected chi connectivity index (χ2v) is 2.25. The molecule has 0 saturated carbocycles. The van der Waals surface area contributed by atoms with Gasteiger partial charge in [0.2, 0.25) is 0 Å². The van der Waals surface area contributed by atoms with Crippen LogP contribution in [0.15, 0.2) is 24.3 Å². The van der Waals surface area contributed by atoms with Crippen LogP contribution in [0.4, 0.5) is 5.69 Å². The van der Waals surface area contributed by atoms with E-state index in [1.165, 1.54) is 0 Å². The molecule has 2 N–H and O–H groups in total. The first-order valence-corrected chi connectivity index (χ1v) is 3.39. The number of hydrogen-bond acceptors (Lipinski definition) is 5. The quantitative estimate of drug-likeness (QED) is 0.510. The Hall–Kier alpha value is -1.30. The predicted octanol–water partition coefficient (Wildman–Crippen LogP) is 0.981. The van der Waals surface area contributed by atoms with Gasteiger partial charge in [0.05, 0.1) is 5.69 Å². The molecule has 1 saturated heterocycles. The van der Waals surface area contributed by atoms with Crippen molar-refractivity contribution in [1.82, 2.24) is 0 Å². The summed E-state index contributed by atoms with van der Waals surface area (Å²) in [6.07, 6.45) is -0.640. The Balaban J connectivity index is 2.06. The highest BCUT2D eigenvalue weighted by Crippen LogP contribution is 2.24. The van der Waals surface area contributed by atoms with Gasteiger partial charge in [0, 0.05) is 0 Å². The molecule has 0 aromatic heterocycles. The smallest absolute Gasteiger partial charge is 0.303 e. The molecule has 0 unspecified atom stereocenters. The van der Waals surface area contributed by atoms with Crippen LogP contribution >= 0.6 is 0 Å². The third kappa shape index (κ3) is 1.33. The predicted molar refractivity (Wildman–Crippen MR) is 38.8 cm³/mol. The Bertz CT molecular complexity index is 274. The summed E-state index contributed by atoms with van der Waals surface area (Å²) in [6.45, 7) is 0. The van der Waals surface area contributed by atoms with Crippen molar-refractivity contribution >= 4 is 5.69 Å². The summed E-state index contributed by atoms with van der Waals surface area (Å²) in [6, 6.07) is 6.75. The van der Waals surface area contributed by atoms with E-state index in [0.29, 0.717) is 5.69 Å². The maximum atomic E-state index is 9.26. The van der Waals surface area contributed by atoms with Crippen LogP contribution in [0.2, 0.25) is 0 Å². The number of benzene rings is 1. The molecule has 5 nitrogen and oxygen atoms in total. The van der Waals surface area contributed by atoms with E-state index < -0.39 is 6.41 Å². The second-order valence-electron chi connectivity index (χ2n) is 2.25. The van der Waals surface area contributed by atoms with Crippen molar-refractivity contribution in [3.05, 3.63) is 24.3 Å². The number of para-hydroxylation sites is 2. The maximum absolute atomic E-state index is 9.26. The Kier molecular flexibility index (Phi) is 1.83. The van der Waals surface area contributed by atoms with Crippen molar-refractivity contribution < 1.29 is 19.9 Å². The zero-order valence-electron chi connectivity index (χ0n) is 6.06. The van der Waals surface area contributed by atoms with Gasteiger partial charge < -0.3 is 10.4 Å². The van der Waals surface area contributed by atoms with Gasteiger partial charge in [-0.15, -0.1) is 9.78 Å². The summed E-state index contributed by atoms with van der Waals surface area (Å²) in [5.74, 6) is 0.136. The number of nitrogens with one attached hydrogen (secondary N) is 1. The lowest BCUT2D eigenvalue weighted by Crippen LogP contribution is -2.35. The van der Waals surface area contributed by atoms with Gasteiger partial charge in [-0.25, -0.2) is 0 Å². The van der Waals surface area contributed by atoms with Gasteiger partial charge in [-0.2, -0.15) is 0 Å². The number of hydrogen-bond donors (Lipinski definition) is 2. The van der Waals surface area contributed by atoms with E-state index in [-0.39, 0.29) is 5.75 Å². The Labute approximate surface area is 68.3 Å². The fourth-order valence-electron chi connectivity index (χ4n) is 0.849. The minimum atomic E-state index is -0.640. The van der Waals surface area contributed by atoms with Crippen molar-refractivity contribution in [1.29, 1.82) is 0 Å². The molecule has 1 aromatic rings. The molecule has 0 radical (unpaired) electrons. The van der Waals surface area contributed by atoms with Crippen LogP contribution in [-0.2, 0) is 14.8 Å². The molecule has 5 heteroatoms. The number of aromatic hydroxyl groups is 1. The first-order chi connectivity index (χ1) is 5.86. The SMILES string of the molecule is Oc1ccccc1NC1OOO1. The minimum absolute atomic E-state index is 0.136. The molecule has 1 aromatic carbocycles. The van der Waals surface area contributed by atoms with Crippen molar-refractivity contribution in [3.8, 4) is 5.75 Å². The molecule has 1 fully saturated rings. The minimum Gasteiger partial charge on any atom is -0.506 e. The summed E-state index contributed by atoms with van der Waals surface area (Å²) >= 11 is 0. The van der Waals surface area contributed by atoms with Crippen molar-refractivity contribution in [2.75, 3.05) is 5.32 Å². The number of phenolic OH excluding ortho intramolecular Hbond substituents is 1. The third-order valence-corrected chi connectivity index (χ3v) is 1.43. The summed E-state index contributed by atoms with van der Waals surface area (Å²) in [5.41, 5.74) is 0.533. The van der Waals surface area contributed by atoms with Crippen LogP contribution in [0.5, 0.6) is 5.75 Å². The molecule has 2 rings (SSSR count). The lowest BCUT2D eigenvalue weighted by molar-refractivity contribution is -0.684. The van der Waals surface area contributed by atoms with E-state index in [1.54, 1.807) is 24.3 Å². The highest BCUT2D eigenvalue weighted by Gasteiger charge is 2.22. The average molecular weight is 169 g/mol. The van der Waals surface area contributed by atoms with Crippen LogP contribution in [0.1, 0.15) is 0 Å². The van der Waals surface area contributed by atoms with Crippen molar-refractivity contribution in [3.63, 3.8) is 0 Å². The Morgan fingerprint density at radius 2 is 2.00 bits per heavy atom. The van der Waals surface area contributed by atoms with Crippen molar-refractivity contribution in [2.24, 2.45) is 0 Å². The lowest BCUT2D eigenvalue weighted by Gasteiger charge is -2.23. The molecule has 12 heavy (non-hydrogen) atoms. The summed E-state index contributed by atoms with van der Waals surface area (Å²) in [7, 11) is 0. The molecule has 0 bridgehead atoms. The van der Waals surface area contributed by atoms with E-state index in [1.807, 2.05) is 0 Å². The molecule has 0 atom stereocenters. The highest BCUT2D eigenvalue weighted by atomic mass is 17.6.